The molecule has 4 nitrogen and oxygen atoms in total. The van der Waals surface area contributed by atoms with E-state index < -0.39 is 0 Å². The van der Waals surface area contributed by atoms with Crippen LogP contribution in [-0.2, 0) is 0 Å². The van der Waals surface area contributed by atoms with E-state index in [1.807, 2.05) is 46.9 Å². The first-order valence-corrected chi connectivity index (χ1v) is 23.1. The number of furan rings is 2. The van der Waals surface area contributed by atoms with Crippen LogP contribution >= 0.6 is 22.7 Å². The van der Waals surface area contributed by atoms with E-state index in [2.05, 4.69) is 192 Å². The summed E-state index contributed by atoms with van der Waals surface area (Å²) < 4.78 is 17.8. The van der Waals surface area contributed by atoms with Crippen molar-refractivity contribution in [3.63, 3.8) is 0 Å². The van der Waals surface area contributed by atoms with E-state index in [0.29, 0.717) is 0 Å². The number of benzene rings is 10. The van der Waals surface area contributed by atoms with Gasteiger partial charge in [-0.2, -0.15) is 0 Å². The maximum absolute atomic E-state index is 6.36. The summed E-state index contributed by atoms with van der Waals surface area (Å²) in [5, 5.41) is 12.3. The molecular formula is C58H34N2O2S2. The zero-order valence-electron chi connectivity index (χ0n) is 34.2. The summed E-state index contributed by atoms with van der Waals surface area (Å²) in [5.41, 5.74) is 10.1. The largest absolute Gasteiger partial charge is 0.456 e. The second-order valence-electron chi connectivity index (χ2n) is 16.4. The third kappa shape index (κ3) is 5.40. The van der Waals surface area contributed by atoms with Gasteiger partial charge in [0.15, 0.2) is 0 Å². The Kier molecular flexibility index (Phi) is 7.69. The minimum Gasteiger partial charge on any atom is -0.456 e. The number of nitrogens with zero attached hydrogens (tertiary/aromatic N) is 2. The van der Waals surface area contributed by atoms with Crippen LogP contribution in [0.15, 0.2) is 215 Å². The quantitative estimate of drug-likeness (QED) is 0.167. The van der Waals surface area contributed by atoms with Crippen molar-refractivity contribution < 1.29 is 8.83 Å². The van der Waals surface area contributed by atoms with E-state index in [0.717, 1.165) is 78.0 Å². The van der Waals surface area contributed by atoms with Gasteiger partial charge in [0.25, 0.3) is 0 Å². The van der Waals surface area contributed by atoms with Gasteiger partial charge in [0.2, 0.25) is 0 Å². The molecule has 4 heterocycles. The molecule has 0 amide bonds. The summed E-state index contributed by atoms with van der Waals surface area (Å²) in [6, 6.07) is 74.1. The molecule has 0 aliphatic carbocycles. The Labute approximate surface area is 374 Å². The lowest BCUT2D eigenvalue weighted by Crippen LogP contribution is -2.09. The highest BCUT2D eigenvalue weighted by Crippen LogP contribution is 2.48. The van der Waals surface area contributed by atoms with E-state index in [1.54, 1.807) is 0 Å². The number of fused-ring (bicyclic) bond motifs is 15. The van der Waals surface area contributed by atoms with Crippen LogP contribution in [0.25, 0.3) is 95.0 Å². The molecule has 300 valence electrons. The van der Waals surface area contributed by atoms with Gasteiger partial charge >= 0.3 is 0 Å². The molecule has 14 rings (SSSR count). The van der Waals surface area contributed by atoms with Gasteiger partial charge < -0.3 is 18.6 Å². The van der Waals surface area contributed by atoms with Gasteiger partial charge in [-0.15, -0.1) is 22.7 Å². The lowest BCUT2D eigenvalue weighted by Gasteiger charge is -2.25. The number of hydrogen-bond acceptors (Lipinski definition) is 6. The molecule has 0 unspecified atom stereocenters. The molecule has 0 saturated carbocycles. The van der Waals surface area contributed by atoms with Gasteiger partial charge in [-0.1, -0.05) is 97.1 Å². The fourth-order valence-corrected chi connectivity index (χ4v) is 12.3. The van der Waals surface area contributed by atoms with E-state index in [9.17, 15) is 0 Å². The molecule has 0 N–H and O–H groups in total. The minimum absolute atomic E-state index is 0.881. The van der Waals surface area contributed by atoms with E-state index >= 15 is 0 Å². The van der Waals surface area contributed by atoms with Crippen molar-refractivity contribution in [3.05, 3.63) is 206 Å². The smallest absolute Gasteiger partial charge is 0.137 e. The van der Waals surface area contributed by atoms with E-state index in [4.69, 9.17) is 8.83 Å². The summed E-state index contributed by atoms with van der Waals surface area (Å²) in [6.45, 7) is 0. The van der Waals surface area contributed by atoms with Crippen LogP contribution in [0.2, 0.25) is 0 Å². The summed E-state index contributed by atoms with van der Waals surface area (Å²) in [6.07, 6.45) is 0. The predicted octanol–water partition coefficient (Wildman–Crippen LogP) is 18.3. The van der Waals surface area contributed by atoms with Crippen LogP contribution in [0.3, 0.4) is 0 Å². The monoisotopic (exact) mass is 854 g/mol. The number of thiophene rings is 2. The second-order valence-corrected chi connectivity index (χ2v) is 18.6. The molecule has 14 aromatic rings. The lowest BCUT2D eigenvalue weighted by atomic mass is 9.99. The van der Waals surface area contributed by atoms with Crippen LogP contribution in [0.4, 0.5) is 34.1 Å². The summed E-state index contributed by atoms with van der Waals surface area (Å²) in [5.74, 6) is 0. The first kappa shape index (κ1) is 35.7. The maximum atomic E-state index is 6.36. The van der Waals surface area contributed by atoms with Crippen LogP contribution in [0.1, 0.15) is 0 Å². The van der Waals surface area contributed by atoms with E-state index in [-0.39, 0.29) is 0 Å². The average Bonchev–Trinajstić information content (AvgIpc) is 4.11. The van der Waals surface area contributed by atoms with Crippen LogP contribution < -0.4 is 9.80 Å². The van der Waals surface area contributed by atoms with Gasteiger partial charge in [-0.25, -0.2) is 0 Å². The maximum Gasteiger partial charge on any atom is 0.137 e. The van der Waals surface area contributed by atoms with Crippen molar-refractivity contribution in [2.24, 2.45) is 0 Å². The lowest BCUT2D eigenvalue weighted by molar-refractivity contribution is 0.668. The van der Waals surface area contributed by atoms with Gasteiger partial charge in [0.05, 0.1) is 0 Å². The molecule has 0 aliphatic rings. The fraction of sp³-hybridized carbons (Fsp3) is 0. The zero-order valence-corrected chi connectivity index (χ0v) is 35.8. The molecule has 4 aromatic heterocycles. The summed E-state index contributed by atoms with van der Waals surface area (Å²) >= 11 is 3.73. The SMILES string of the molecule is c1ccc(N(c2ccc3c(c2)oc2ccccc23)c2ccc3c(c2)sc2ccc4c(ccc5sc6cc(N(c7ccccc7)c7ccc8c(c7)oc7ccccc78)ccc6c54)c23)cc1. The van der Waals surface area contributed by atoms with E-state index in [1.165, 1.54) is 51.1 Å². The number of anilines is 6. The molecule has 0 radical (unpaired) electrons. The Bertz CT molecular complexity index is 3890. The number of hydrogen-bond donors (Lipinski definition) is 0. The minimum atomic E-state index is 0.881. The highest BCUT2D eigenvalue weighted by atomic mass is 32.1. The van der Waals surface area contributed by atoms with Crippen molar-refractivity contribution in [1.82, 2.24) is 0 Å². The highest BCUT2D eigenvalue weighted by Gasteiger charge is 2.21. The van der Waals surface area contributed by atoms with Crippen molar-refractivity contribution in [2.75, 3.05) is 9.80 Å². The van der Waals surface area contributed by atoms with Crippen molar-refractivity contribution in [1.29, 1.82) is 0 Å². The van der Waals surface area contributed by atoms with Crippen LogP contribution in [0.5, 0.6) is 0 Å². The molecule has 0 aliphatic heterocycles. The first-order valence-electron chi connectivity index (χ1n) is 21.5. The van der Waals surface area contributed by atoms with Gasteiger partial charge in [-0.3, -0.25) is 0 Å². The molecular weight excluding hydrogens is 821 g/mol. The third-order valence-corrected chi connectivity index (χ3v) is 15.1. The molecule has 0 fully saturated rings. The molecule has 0 bridgehead atoms. The Hall–Kier alpha value is -7.90. The fourth-order valence-electron chi connectivity index (χ4n) is 9.97. The van der Waals surface area contributed by atoms with Crippen molar-refractivity contribution >= 4 is 152 Å². The van der Waals surface area contributed by atoms with Crippen molar-refractivity contribution in [3.8, 4) is 0 Å². The Balaban J connectivity index is 0.890. The molecule has 0 saturated heterocycles. The topological polar surface area (TPSA) is 32.8 Å². The van der Waals surface area contributed by atoms with Crippen LogP contribution in [0, 0.1) is 0 Å². The highest BCUT2D eigenvalue weighted by molar-refractivity contribution is 7.26. The normalized spacial score (nSPS) is 12.1. The molecule has 6 heteroatoms. The summed E-state index contributed by atoms with van der Waals surface area (Å²) in [7, 11) is 0. The average molecular weight is 855 g/mol. The third-order valence-electron chi connectivity index (χ3n) is 12.8. The molecule has 10 aromatic carbocycles. The predicted molar refractivity (Wildman–Crippen MR) is 274 cm³/mol. The van der Waals surface area contributed by atoms with Gasteiger partial charge in [0, 0.05) is 108 Å². The van der Waals surface area contributed by atoms with Crippen molar-refractivity contribution in [2.45, 2.75) is 0 Å². The molecule has 0 atom stereocenters. The first-order chi connectivity index (χ1) is 31.7. The van der Waals surface area contributed by atoms with Crippen LogP contribution in [-0.4, -0.2) is 0 Å². The van der Waals surface area contributed by atoms with Gasteiger partial charge in [-0.05, 0) is 108 Å². The number of para-hydroxylation sites is 4. The molecule has 0 spiro atoms. The number of rotatable bonds is 6. The Morgan fingerprint density at radius 2 is 0.609 bits per heavy atom. The standard InChI is InChI=1S/C58H34N2O2S2/c1-3-11-35(12-4-1)59(37-19-23-43-41-15-7-9-17-49(41)61-51(43)31-37)39-21-25-47-55(33-39)63-53-29-27-46-45(57(47)53)28-30-54-58(46)48-26-22-40(34-56(48)64-54)60(36-13-5-2-6-14-36)38-20-24-44-42-16-8-10-18-50(42)62-52(44)32-38/h1-34H. The van der Waals surface area contributed by atoms with Gasteiger partial charge in [0.1, 0.15) is 22.3 Å². The second kappa shape index (κ2) is 13.8. The zero-order chi connectivity index (χ0) is 41.9. The Morgan fingerprint density at radius 3 is 1.06 bits per heavy atom. The summed E-state index contributed by atoms with van der Waals surface area (Å²) in [4.78, 5) is 4.67. The molecule has 64 heavy (non-hydrogen) atoms. The Morgan fingerprint density at radius 1 is 0.250 bits per heavy atom.